The van der Waals surface area contributed by atoms with Crippen LogP contribution in [-0.2, 0) is 11.0 Å². The first-order valence-corrected chi connectivity index (χ1v) is 13.1. The van der Waals surface area contributed by atoms with Gasteiger partial charge in [0.2, 0.25) is 5.91 Å². The SMILES string of the molecule is CCCN1C(=NC23CC4CC(CC(C4)C2)C3)SCC1N(C(C)=O)c1ccc(C(F)(F)F)cc1.Cl. The van der Waals surface area contributed by atoms with Gasteiger partial charge in [0.25, 0.3) is 0 Å². The lowest BCUT2D eigenvalue weighted by Gasteiger charge is -2.55. The molecule has 1 atom stereocenters. The summed E-state index contributed by atoms with van der Waals surface area (Å²) in [7, 11) is 0. The van der Waals surface area contributed by atoms with E-state index in [9.17, 15) is 18.0 Å². The van der Waals surface area contributed by atoms with E-state index in [1.54, 1.807) is 16.7 Å². The Bertz CT molecular complexity index is 901. The van der Waals surface area contributed by atoms with E-state index in [1.165, 1.54) is 57.6 Å². The van der Waals surface area contributed by atoms with Crippen molar-refractivity contribution in [2.75, 3.05) is 17.2 Å². The number of amidine groups is 1. The highest BCUT2D eigenvalue weighted by Crippen LogP contribution is 2.57. The van der Waals surface area contributed by atoms with Gasteiger partial charge in [-0.25, -0.2) is 0 Å². The maximum Gasteiger partial charge on any atom is 0.416 e. The topological polar surface area (TPSA) is 35.9 Å². The standard InChI is InChI=1S/C25H32F3N3OS.ClH/c1-3-8-30-22(31(16(2)32)21-6-4-20(5-7-21)25(26,27)28)15-33-23(30)29-24-12-17-9-18(13-24)11-19(10-17)14-24;/h4-7,17-19,22H,3,8-15H2,1-2H3;1H. The second-order valence-corrected chi connectivity index (χ2v) is 11.4. The van der Waals surface area contributed by atoms with E-state index in [-0.39, 0.29) is 30.0 Å². The van der Waals surface area contributed by atoms with Gasteiger partial charge in [0.05, 0.1) is 11.1 Å². The molecule has 4 nitrogen and oxygen atoms in total. The van der Waals surface area contributed by atoms with E-state index in [1.807, 2.05) is 0 Å². The maximum atomic E-state index is 13.0. The molecule has 4 aliphatic carbocycles. The minimum absolute atomic E-state index is 0. The second kappa shape index (κ2) is 9.57. The highest BCUT2D eigenvalue weighted by atomic mass is 35.5. The van der Waals surface area contributed by atoms with E-state index in [2.05, 4.69) is 11.8 Å². The van der Waals surface area contributed by atoms with Gasteiger partial charge in [0.15, 0.2) is 5.17 Å². The number of alkyl halides is 3. The van der Waals surface area contributed by atoms with Crippen LogP contribution >= 0.6 is 24.2 Å². The summed E-state index contributed by atoms with van der Waals surface area (Å²) in [5.41, 5.74) is -0.156. The lowest BCUT2D eigenvalue weighted by Crippen LogP contribution is -2.52. The molecule has 1 aliphatic heterocycles. The molecule has 188 valence electrons. The predicted octanol–water partition coefficient (Wildman–Crippen LogP) is 6.59. The van der Waals surface area contributed by atoms with Gasteiger partial charge in [-0.2, -0.15) is 13.2 Å². The molecule has 5 fully saturated rings. The molecule has 0 N–H and O–H groups in total. The van der Waals surface area contributed by atoms with Gasteiger partial charge in [-0.1, -0.05) is 18.7 Å². The van der Waals surface area contributed by atoms with Gasteiger partial charge in [-0.15, -0.1) is 12.4 Å². The number of nitrogens with zero attached hydrogens (tertiary/aromatic N) is 3. The van der Waals surface area contributed by atoms with E-state index in [0.717, 1.165) is 48.0 Å². The van der Waals surface area contributed by atoms with Crippen molar-refractivity contribution in [3.8, 4) is 0 Å². The molecule has 6 rings (SSSR count). The van der Waals surface area contributed by atoms with Crippen LogP contribution in [0.4, 0.5) is 18.9 Å². The van der Waals surface area contributed by atoms with Crippen LogP contribution in [0.3, 0.4) is 0 Å². The minimum Gasteiger partial charge on any atom is -0.330 e. The summed E-state index contributed by atoms with van der Waals surface area (Å²) >= 11 is 1.70. The van der Waals surface area contributed by atoms with Gasteiger partial charge >= 0.3 is 6.18 Å². The number of anilines is 1. The van der Waals surface area contributed by atoms with Crippen LogP contribution < -0.4 is 4.90 Å². The Morgan fingerprint density at radius 3 is 2.15 bits per heavy atom. The van der Waals surface area contributed by atoms with Crippen LogP contribution in [0.25, 0.3) is 0 Å². The number of hydrogen-bond acceptors (Lipinski definition) is 3. The normalized spacial score (nSPS) is 33.3. The van der Waals surface area contributed by atoms with Crippen molar-refractivity contribution in [2.24, 2.45) is 22.7 Å². The van der Waals surface area contributed by atoms with Crippen molar-refractivity contribution >= 4 is 40.9 Å². The van der Waals surface area contributed by atoms with Gasteiger partial charge in [0, 0.05) is 24.9 Å². The summed E-state index contributed by atoms with van der Waals surface area (Å²) in [6, 6.07) is 4.93. The first-order valence-electron chi connectivity index (χ1n) is 12.1. The molecule has 1 heterocycles. The summed E-state index contributed by atoms with van der Waals surface area (Å²) in [5.74, 6) is 2.93. The zero-order valence-electron chi connectivity index (χ0n) is 19.7. The molecular formula is C25H33ClF3N3OS. The highest BCUT2D eigenvalue weighted by Gasteiger charge is 2.52. The molecule has 1 saturated heterocycles. The molecule has 1 aromatic rings. The summed E-state index contributed by atoms with van der Waals surface area (Å²) in [6.07, 6.45) is 3.93. The average molecular weight is 516 g/mol. The van der Waals surface area contributed by atoms with Crippen molar-refractivity contribution in [2.45, 2.75) is 76.7 Å². The Kier molecular flexibility index (Phi) is 7.22. The van der Waals surface area contributed by atoms with Gasteiger partial charge < -0.3 is 4.90 Å². The molecule has 4 saturated carbocycles. The minimum atomic E-state index is -4.39. The molecule has 1 unspecified atom stereocenters. The number of halogens is 4. The zero-order valence-corrected chi connectivity index (χ0v) is 21.3. The monoisotopic (exact) mass is 515 g/mol. The molecule has 0 aromatic heterocycles. The summed E-state index contributed by atoms with van der Waals surface area (Å²) in [4.78, 5) is 22.0. The van der Waals surface area contributed by atoms with Crippen molar-refractivity contribution < 1.29 is 18.0 Å². The number of amides is 1. The Labute approximate surface area is 210 Å². The lowest BCUT2D eigenvalue weighted by atomic mass is 9.53. The molecule has 5 aliphatic rings. The molecule has 0 radical (unpaired) electrons. The lowest BCUT2D eigenvalue weighted by molar-refractivity contribution is -0.137. The number of thioether (sulfide) groups is 1. The predicted molar refractivity (Wildman–Crippen MR) is 133 cm³/mol. The highest BCUT2D eigenvalue weighted by molar-refractivity contribution is 8.14. The largest absolute Gasteiger partial charge is 0.416 e. The number of rotatable bonds is 5. The quantitative estimate of drug-likeness (QED) is 0.444. The van der Waals surface area contributed by atoms with Crippen LogP contribution in [0.1, 0.15) is 64.4 Å². The van der Waals surface area contributed by atoms with Gasteiger partial charge in [-0.3, -0.25) is 14.7 Å². The van der Waals surface area contributed by atoms with E-state index in [0.29, 0.717) is 11.4 Å². The summed E-state index contributed by atoms with van der Waals surface area (Å²) in [5, 5.41) is 1.02. The van der Waals surface area contributed by atoms with Crippen molar-refractivity contribution in [3.05, 3.63) is 29.8 Å². The van der Waals surface area contributed by atoms with Crippen LogP contribution in [0.5, 0.6) is 0 Å². The maximum absolute atomic E-state index is 13.0. The number of hydrogen-bond donors (Lipinski definition) is 0. The number of aliphatic imine (C=N–C) groups is 1. The summed E-state index contributed by atoms with van der Waals surface area (Å²) in [6.45, 7) is 4.37. The fourth-order valence-electron chi connectivity index (χ4n) is 7.02. The third kappa shape index (κ3) is 4.81. The number of benzene rings is 1. The van der Waals surface area contributed by atoms with Crippen molar-refractivity contribution in [1.29, 1.82) is 0 Å². The van der Waals surface area contributed by atoms with Gasteiger partial charge in [-0.05, 0) is 87.0 Å². The third-order valence-corrected chi connectivity index (χ3v) is 8.93. The second-order valence-electron chi connectivity index (χ2n) is 10.5. The van der Waals surface area contributed by atoms with Crippen molar-refractivity contribution in [1.82, 2.24) is 4.90 Å². The van der Waals surface area contributed by atoms with Crippen LogP contribution in [0.2, 0.25) is 0 Å². The Morgan fingerprint density at radius 1 is 1.12 bits per heavy atom. The Morgan fingerprint density at radius 2 is 1.68 bits per heavy atom. The number of carbonyl (C=O) groups is 1. The molecular weight excluding hydrogens is 483 g/mol. The average Bonchev–Trinajstić information content (AvgIpc) is 3.08. The molecule has 1 amide bonds. The molecule has 34 heavy (non-hydrogen) atoms. The molecule has 0 spiro atoms. The Hall–Kier alpha value is -1.41. The van der Waals surface area contributed by atoms with Crippen molar-refractivity contribution in [3.63, 3.8) is 0 Å². The first kappa shape index (κ1) is 25.7. The van der Waals surface area contributed by atoms with E-state index in [4.69, 9.17) is 4.99 Å². The van der Waals surface area contributed by atoms with E-state index >= 15 is 0 Å². The zero-order chi connectivity index (χ0) is 23.4. The smallest absolute Gasteiger partial charge is 0.330 e. The first-order chi connectivity index (χ1) is 15.7. The van der Waals surface area contributed by atoms with E-state index < -0.39 is 11.7 Å². The van der Waals surface area contributed by atoms with Crippen LogP contribution in [0.15, 0.2) is 29.3 Å². The fourth-order valence-corrected chi connectivity index (χ4v) is 8.29. The Balaban J connectivity index is 0.00000274. The number of carbonyl (C=O) groups excluding carboxylic acids is 1. The molecule has 9 heteroatoms. The fraction of sp³-hybridized carbons (Fsp3) is 0.680. The van der Waals surface area contributed by atoms with Crippen LogP contribution in [-0.4, -0.2) is 40.0 Å². The molecule has 4 bridgehead atoms. The third-order valence-electron chi connectivity index (χ3n) is 7.88. The van der Waals surface area contributed by atoms with Gasteiger partial charge in [0.1, 0.15) is 6.17 Å². The summed E-state index contributed by atoms with van der Waals surface area (Å²) < 4.78 is 39.1. The molecule has 1 aromatic carbocycles. The van der Waals surface area contributed by atoms with Crippen LogP contribution in [0, 0.1) is 17.8 Å².